The normalized spacial score (nSPS) is 17.6. The van der Waals surface area contributed by atoms with Crippen LogP contribution in [0.1, 0.15) is 29.9 Å². The number of hydrogen-bond acceptors (Lipinski definition) is 1. The maximum Gasteiger partial charge on any atom is 0.416 e. The number of aliphatic carboxylic acids is 1. The minimum absolute atomic E-state index is 0.113. The molecule has 18 heavy (non-hydrogen) atoms. The van der Waals surface area contributed by atoms with Crippen molar-refractivity contribution in [1.82, 2.24) is 0 Å². The maximum atomic E-state index is 12.9. The van der Waals surface area contributed by atoms with Gasteiger partial charge < -0.3 is 5.11 Å². The molecule has 1 fully saturated rings. The van der Waals surface area contributed by atoms with Crippen LogP contribution in [0.2, 0.25) is 0 Å². The van der Waals surface area contributed by atoms with Crippen LogP contribution in [-0.4, -0.2) is 11.1 Å². The first-order valence-corrected chi connectivity index (χ1v) is 6.48. The third-order valence-electron chi connectivity index (χ3n) is 3.02. The number of rotatable bonds is 3. The van der Waals surface area contributed by atoms with Gasteiger partial charge in [-0.25, -0.2) is 0 Å². The average Bonchev–Trinajstić information content (AvgIpc) is 3.02. The lowest BCUT2D eigenvalue weighted by Crippen LogP contribution is -2.19. The molecule has 2 nitrogen and oxygen atoms in total. The van der Waals surface area contributed by atoms with Crippen molar-refractivity contribution in [3.8, 4) is 0 Å². The van der Waals surface area contributed by atoms with Gasteiger partial charge in [-0.15, -0.1) is 0 Å². The summed E-state index contributed by atoms with van der Waals surface area (Å²) in [5, 5.41) is 9.13. The molecule has 0 amide bonds. The van der Waals surface area contributed by atoms with Gasteiger partial charge in [0.25, 0.3) is 0 Å². The highest BCUT2D eigenvalue weighted by Crippen LogP contribution is 2.46. The fourth-order valence-electron chi connectivity index (χ4n) is 2.06. The lowest BCUT2D eigenvalue weighted by atomic mass is 9.90. The first kappa shape index (κ1) is 13.6. The number of benzene rings is 1. The second kappa shape index (κ2) is 4.71. The molecule has 1 saturated carbocycles. The number of carboxylic acid groups (broad SMARTS) is 1. The second-order valence-electron chi connectivity index (χ2n) is 4.38. The molecule has 1 unspecified atom stereocenters. The van der Waals surface area contributed by atoms with Crippen LogP contribution in [-0.2, 0) is 11.0 Å². The lowest BCUT2D eigenvalue weighted by Gasteiger charge is -2.18. The van der Waals surface area contributed by atoms with E-state index in [9.17, 15) is 18.0 Å². The molecular weight excluding hydrogens is 360 g/mol. The summed E-state index contributed by atoms with van der Waals surface area (Å²) in [7, 11) is 0. The summed E-state index contributed by atoms with van der Waals surface area (Å²) < 4.78 is 39.3. The Morgan fingerprint density at radius 3 is 2.44 bits per heavy atom. The summed E-state index contributed by atoms with van der Waals surface area (Å²) in [6.07, 6.45) is -3.15. The summed E-state index contributed by atoms with van der Waals surface area (Å²) in [5.41, 5.74) is -0.938. The van der Waals surface area contributed by atoms with Crippen molar-refractivity contribution in [3.05, 3.63) is 32.9 Å². The minimum Gasteiger partial charge on any atom is -0.481 e. The van der Waals surface area contributed by atoms with E-state index >= 15 is 0 Å². The zero-order valence-corrected chi connectivity index (χ0v) is 11.3. The van der Waals surface area contributed by atoms with Crippen LogP contribution >= 0.6 is 22.6 Å². The van der Waals surface area contributed by atoms with Crippen LogP contribution in [0.25, 0.3) is 0 Å². The van der Waals surface area contributed by atoms with E-state index in [0.717, 1.165) is 6.07 Å². The van der Waals surface area contributed by atoms with Crippen molar-refractivity contribution in [3.63, 3.8) is 0 Å². The molecule has 0 spiro atoms. The quantitative estimate of drug-likeness (QED) is 0.820. The molecule has 0 radical (unpaired) electrons. The Bertz CT molecular complexity index is 481. The largest absolute Gasteiger partial charge is 0.481 e. The Morgan fingerprint density at radius 2 is 2.00 bits per heavy atom. The highest BCUT2D eigenvalue weighted by atomic mass is 127. The minimum atomic E-state index is -4.51. The van der Waals surface area contributed by atoms with Gasteiger partial charge in [-0.1, -0.05) is 6.07 Å². The summed E-state index contributed by atoms with van der Waals surface area (Å²) in [6, 6.07) is 3.82. The van der Waals surface area contributed by atoms with E-state index in [1.54, 1.807) is 22.6 Å². The van der Waals surface area contributed by atoms with Crippen LogP contribution in [0.4, 0.5) is 13.2 Å². The van der Waals surface area contributed by atoms with Crippen LogP contribution in [0.15, 0.2) is 18.2 Å². The van der Waals surface area contributed by atoms with E-state index in [2.05, 4.69) is 0 Å². The Kier molecular flexibility index (Phi) is 3.57. The van der Waals surface area contributed by atoms with E-state index in [0.29, 0.717) is 16.4 Å². The summed E-state index contributed by atoms with van der Waals surface area (Å²) in [4.78, 5) is 11.2. The lowest BCUT2D eigenvalue weighted by molar-refractivity contribution is -0.142. The number of hydrogen-bond donors (Lipinski definition) is 1. The van der Waals surface area contributed by atoms with E-state index in [1.165, 1.54) is 12.1 Å². The zero-order chi connectivity index (χ0) is 13.5. The number of carbonyl (C=O) groups is 1. The van der Waals surface area contributed by atoms with Gasteiger partial charge in [0.1, 0.15) is 0 Å². The molecule has 1 N–H and O–H groups in total. The van der Waals surface area contributed by atoms with Crippen molar-refractivity contribution >= 4 is 28.6 Å². The predicted octanol–water partition coefficient (Wildman–Crippen LogP) is 3.89. The van der Waals surface area contributed by atoms with Crippen molar-refractivity contribution < 1.29 is 23.1 Å². The number of alkyl halides is 3. The van der Waals surface area contributed by atoms with Crippen molar-refractivity contribution in [2.75, 3.05) is 0 Å². The van der Waals surface area contributed by atoms with Crippen LogP contribution < -0.4 is 0 Å². The smallest absolute Gasteiger partial charge is 0.416 e. The molecular formula is C12H10F3IO2. The molecule has 1 aliphatic rings. The highest BCUT2D eigenvalue weighted by molar-refractivity contribution is 14.1. The van der Waals surface area contributed by atoms with Gasteiger partial charge in [0, 0.05) is 3.57 Å². The summed E-state index contributed by atoms with van der Waals surface area (Å²) >= 11 is 1.79. The number of carboxylic acids is 1. The van der Waals surface area contributed by atoms with Gasteiger partial charge in [0.15, 0.2) is 0 Å². The van der Waals surface area contributed by atoms with Crippen LogP contribution in [0, 0.1) is 9.49 Å². The molecule has 1 aliphatic carbocycles. The molecule has 1 aromatic rings. The first-order chi connectivity index (χ1) is 8.30. The molecule has 1 atom stereocenters. The van der Waals surface area contributed by atoms with Gasteiger partial charge in [0.2, 0.25) is 0 Å². The molecule has 0 saturated heterocycles. The molecule has 6 heteroatoms. The molecule has 2 rings (SSSR count). The topological polar surface area (TPSA) is 37.3 Å². The Labute approximate surface area is 115 Å². The first-order valence-electron chi connectivity index (χ1n) is 5.40. The Hall–Kier alpha value is -0.790. The van der Waals surface area contributed by atoms with Gasteiger partial charge in [0.05, 0.1) is 11.5 Å². The number of halogens is 4. The molecule has 0 aromatic heterocycles. The highest BCUT2D eigenvalue weighted by Gasteiger charge is 2.43. The van der Waals surface area contributed by atoms with E-state index in [-0.39, 0.29) is 11.5 Å². The fourth-order valence-corrected chi connectivity index (χ4v) is 2.55. The molecule has 0 heterocycles. The summed E-state index contributed by atoms with van der Waals surface area (Å²) in [6.45, 7) is 0. The average molecular weight is 370 g/mol. The molecule has 98 valence electrons. The maximum absolute atomic E-state index is 12.9. The van der Waals surface area contributed by atoms with Gasteiger partial charge in [-0.3, -0.25) is 4.79 Å². The van der Waals surface area contributed by atoms with Crippen molar-refractivity contribution in [2.45, 2.75) is 24.9 Å². The molecule has 1 aromatic carbocycles. The SMILES string of the molecule is O=C(O)C(c1ccc(I)cc1C(F)(F)F)C1CC1. The monoisotopic (exact) mass is 370 g/mol. The molecule has 0 aliphatic heterocycles. The summed E-state index contributed by atoms with van der Waals surface area (Å²) in [5.74, 6) is -2.38. The Balaban J connectivity index is 2.51. The predicted molar refractivity (Wildman–Crippen MR) is 67.3 cm³/mol. The van der Waals surface area contributed by atoms with Crippen molar-refractivity contribution in [2.24, 2.45) is 5.92 Å². The second-order valence-corrected chi connectivity index (χ2v) is 5.63. The van der Waals surface area contributed by atoms with Crippen LogP contribution in [0.5, 0.6) is 0 Å². The van der Waals surface area contributed by atoms with E-state index in [1.807, 2.05) is 0 Å². The Morgan fingerprint density at radius 1 is 1.39 bits per heavy atom. The third kappa shape index (κ3) is 2.78. The van der Waals surface area contributed by atoms with Gasteiger partial charge in [-0.05, 0) is 59.0 Å². The van der Waals surface area contributed by atoms with E-state index < -0.39 is 23.6 Å². The van der Waals surface area contributed by atoms with Crippen LogP contribution in [0.3, 0.4) is 0 Å². The van der Waals surface area contributed by atoms with Gasteiger partial charge >= 0.3 is 12.1 Å². The standard InChI is InChI=1S/C12H10F3IO2/c13-12(14,15)9-5-7(16)3-4-8(9)10(11(17)18)6-1-2-6/h3-6,10H,1-2H2,(H,17,18). The molecule has 0 bridgehead atoms. The zero-order valence-electron chi connectivity index (χ0n) is 9.17. The van der Waals surface area contributed by atoms with E-state index in [4.69, 9.17) is 5.11 Å². The third-order valence-corrected chi connectivity index (χ3v) is 3.69. The fraction of sp³-hybridized carbons (Fsp3) is 0.417. The van der Waals surface area contributed by atoms with Crippen molar-refractivity contribution in [1.29, 1.82) is 0 Å². The van der Waals surface area contributed by atoms with Gasteiger partial charge in [-0.2, -0.15) is 13.2 Å².